The van der Waals surface area contributed by atoms with Crippen molar-refractivity contribution >= 4 is 35.2 Å². The molecule has 30 heavy (non-hydrogen) atoms. The molecule has 4 aromatic rings. The standard InChI is InChI=1S/C28H20BN/c1-2-10-20-19(9-1)17-18-24-22-12-4-7-15-26(22)29-25-14-6-3-11-21(25)23-13-5-8-16-27(23)30(29)28(20)24/h1,3-9,11-18H,2,10H2. The minimum Gasteiger partial charge on any atom is -0.376 e. The van der Waals surface area contributed by atoms with Gasteiger partial charge in [0.1, 0.15) is 0 Å². The fraction of sp³-hybridized carbons (Fsp3) is 0.0714. The second-order valence-electron chi connectivity index (χ2n) is 8.43. The zero-order chi connectivity index (χ0) is 19.7. The lowest BCUT2D eigenvalue weighted by molar-refractivity contribution is 0.982. The molecule has 0 saturated heterocycles. The summed E-state index contributed by atoms with van der Waals surface area (Å²) in [6, 6.07) is 31.5. The third-order valence-corrected chi connectivity index (χ3v) is 6.93. The summed E-state index contributed by atoms with van der Waals surface area (Å²) in [5.74, 6) is 0. The van der Waals surface area contributed by atoms with Crippen LogP contribution >= 0.6 is 0 Å². The van der Waals surface area contributed by atoms with E-state index in [2.05, 4.69) is 102 Å². The van der Waals surface area contributed by atoms with E-state index in [1.165, 1.54) is 55.7 Å². The summed E-state index contributed by atoms with van der Waals surface area (Å²) in [7, 11) is 0. The fourth-order valence-corrected chi connectivity index (χ4v) is 5.71. The summed E-state index contributed by atoms with van der Waals surface area (Å²) >= 11 is 0. The number of para-hydroxylation sites is 1. The highest BCUT2D eigenvalue weighted by molar-refractivity contribution is 6.92. The smallest absolute Gasteiger partial charge is 0.329 e. The van der Waals surface area contributed by atoms with E-state index >= 15 is 0 Å². The molecule has 2 heterocycles. The number of allylic oxidation sites excluding steroid dienone is 1. The Bertz CT molecular complexity index is 1370. The van der Waals surface area contributed by atoms with Crippen molar-refractivity contribution < 1.29 is 0 Å². The van der Waals surface area contributed by atoms with Crippen LogP contribution in [0, 0.1) is 0 Å². The molecule has 0 atom stereocenters. The number of benzene rings is 4. The molecule has 1 nitrogen and oxygen atoms in total. The van der Waals surface area contributed by atoms with E-state index in [1.54, 1.807) is 0 Å². The molecule has 7 rings (SSSR count). The average molecular weight is 381 g/mol. The van der Waals surface area contributed by atoms with Crippen LogP contribution in [0.15, 0.2) is 91.0 Å². The Morgan fingerprint density at radius 3 is 2.10 bits per heavy atom. The van der Waals surface area contributed by atoms with Gasteiger partial charge in [0.2, 0.25) is 0 Å². The van der Waals surface area contributed by atoms with Gasteiger partial charge >= 0.3 is 6.85 Å². The van der Waals surface area contributed by atoms with Crippen LogP contribution in [0.1, 0.15) is 17.5 Å². The molecule has 0 amide bonds. The molecule has 0 bridgehead atoms. The van der Waals surface area contributed by atoms with Gasteiger partial charge in [0.15, 0.2) is 0 Å². The summed E-state index contributed by atoms with van der Waals surface area (Å²) in [4.78, 5) is 2.63. The molecule has 0 saturated carbocycles. The van der Waals surface area contributed by atoms with E-state index in [-0.39, 0.29) is 6.85 Å². The lowest BCUT2D eigenvalue weighted by atomic mass is 9.43. The molecule has 0 aromatic heterocycles. The minimum atomic E-state index is 0.206. The van der Waals surface area contributed by atoms with E-state index in [0.29, 0.717) is 0 Å². The van der Waals surface area contributed by atoms with Crippen molar-refractivity contribution in [3.8, 4) is 22.3 Å². The molecule has 0 radical (unpaired) electrons. The van der Waals surface area contributed by atoms with Gasteiger partial charge in [0.05, 0.1) is 0 Å². The van der Waals surface area contributed by atoms with Gasteiger partial charge < -0.3 is 4.81 Å². The SMILES string of the molecule is C1=Cc2ccc3c(c2CC1)N1B(c2ccccc2-c2ccccc21)c1ccccc1-3. The zero-order valence-corrected chi connectivity index (χ0v) is 16.7. The van der Waals surface area contributed by atoms with Crippen molar-refractivity contribution in [1.29, 1.82) is 0 Å². The normalized spacial score (nSPS) is 14.8. The Hall–Kier alpha value is -3.52. The Kier molecular flexibility index (Phi) is 3.26. The number of nitrogens with zero attached hydrogens (tertiary/aromatic N) is 1. The van der Waals surface area contributed by atoms with Crippen LogP contribution in [0.2, 0.25) is 0 Å². The summed E-state index contributed by atoms with van der Waals surface area (Å²) in [5.41, 5.74) is 13.8. The summed E-state index contributed by atoms with van der Waals surface area (Å²) < 4.78 is 0. The highest BCUT2D eigenvalue weighted by Crippen LogP contribution is 2.48. The fourth-order valence-electron chi connectivity index (χ4n) is 5.71. The highest BCUT2D eigenvalue weighted by atomic mass is 15.1. The number of hydrogen-bond acceptors (Lipinski definition) is 1. The molecule has 2 aliphatic heterocycles. The van der Waals surface area contributed by atoms with E-state index < -0.39 is 0 Å². The quantitative estimate of drug-likeness (QED) is 0.361. The van der Waals surface area contributed by atoms with Crippen molar-refractivity contribution in [2.45, 2.75) is 12.8 Å². The molecule has 2 heteroatoms. The number of hydrogen-bond donors (Lipinski definition) is 0. The van der Waals surface area contributed by atoms with Crippen LogP contribution < -0.4 is 15.7 Å². The monoisotopic (exact) mass is 381 g/mol. The lowest BCUT2D eigenvalue weighted by Gasteiger charge is -2.44. The predicted octanol–water partition coefficient (Wildman–Crippen LogP) is 5.55. The first-order valence-corrected chi connectivity index (χ1v) is 10.8. The molecule has 0 fully saturated rings. The molecule has 0 unspecified atom stereocenters. The highest BCUT2D eigenvalue weighted by Gasteiger charge is 2.42. The summed E-state index contributed by atoms with van der Waals surface area (Å²) in [6.07, 6.45) is 6.83. The van der Waals surface area contributed by atoms with Gasteiger partial charge in [-0.05, 0) is 52.1 Å². The number of fused-ring (bicyclic) bond motifs is 13. The largest absolute Gasteiger partial charge is 0.376 e. The average Bonchev–Trinajstić information content (AvgIpc) is 2.83. The van der Waals surface area contributed by atoms with Gasteiger partial charge in [-0.2, -0.15) is 0 Å². The molecule has 1 aliphatic carbocycles. The van der Waals surface area contributed by atoms with Crippen LogP contribution in [-0.4, -0.2) is 6.85 Å². The van der Waals surface area contributed by atoms with Crippen LogP contribution in [0.25, 0.3) is 28.3 Å². The van der Waals surface area contributed by atoms with Gasteiger partial charge in [-0.25, -0.2) is 0 Å². The molecule has 0 N–H and O–H groups in total. The van der Waals surface area contributed by atoms with Crippen LogP contribution in [0.5, 0.6) is 0 Å². The topological polar surface area (TPSA) is 3.24 Å². The van der Waals surface area contributed by atoms with E-state index in [1.807, 2.05) is 0 Å². The molecular weight excluding hydrogens is 361 g/mol. The first kappa shape index (κ1) is 16.3. The van der Waals surface area contributed by atoms with Gasteiger partial charge in [-0.15, -0.1) is 0 Å². The summed E-state index contributed by atoms with van der Waals surface area (Å²) in [5, 5.41) is 0. The number of anilines is 2. The lowest BCUT2D eigenvalue weighted by Crippen LogP contribution is -2.59. The maximum absolute atomic E-state index is 2.63. The van der Waals surface area contributed by atoms with Crippen molar-refractivity contribution in [2.75, 3.05) is 4.81 Å². The third-order valence-electron chi connectivity index (χ3n) is 6.93. The number of rotatable bonds is 0. The Labute approximate surface area is 177 Å². The molecular formula is C28H20BN. The minimum absolute atomic E-state index is 0.206. The third kappa shape index (κ3) is 2.03. The summed E-state index contributed by atoms with van der Waals surface area (Å²) in [6.45, 7) is 0.206. The van der Waals surface area contributed by atoms with E-state index in [9.17, 15) is 0 Å². The van der Waals surface area contributed by atoms with Gasteiger partial charge in [-0.1, -0.05) is 91.0 Å². The van der Waals surface area contributed by atoms with Crippen LogP contribution in [0.4, 0.5) is 11.4 Å². The predicted molar refractivity (Wildman–Crippen MR) is 128 cm³/mol. The Morgan fingerprint density at radius 2 is 1.30 bits per heavy atom. The second kappa shape index (κ2) is 5.99. The van der Waals surface area contributed by atoms with Crippen molar-refractivity contribution in [3.05, 3.63) is 102 Å². The molecule has 4 aromatic carbocycles. The van der Waals surface area contributed by atoms with Crippen LogP contribution in [0.3, 0.4) is 0 Å². The van der Waals surface area contributed by atoms with E-state index in [0.717, 1.165) is 12.8 Å². The zero-order valence-electron chi connectivity index (χ0n) is 16.7. The molecule has 3 aliphatic rings. The first-order valence-electron chi connectivity index (χ1n) is 10.8. The van der Waals surface area contributed by atoms with Gasteiger partial charge in [-0.3, -0.25) is 0 Å². The molecule has 140 valence electrons. The molecule has 0 spiro atoms. The van der Waals surface area contributed by atoms with Crippen LogP contribution in [-0.2, 0) is 6.42 Å². The van der Waals surface area contributed by atoms with Gasteiger partial charge in [0.25, 0.3) is 0 Å². The maximum atomic E-state index is 2.63. The van der Waals surface area contributed by atoms with Gasteiger partial charge in [0, 0.05) is 22.5 Å². The van der Waals surface area contributed by atoms with E-state index in [4.69, 9.17) is 0 Å². The Morgan fingerprint density at radius 1 is 0.633 bits per heavy atom. The van der Waals surface area contributed by atoms with Crippen molar-refractivity contribution in [2.24, 2.45) is 0 Å². The second-order valence-corrected chi connectivity index (χ2v) is 8.43. The van der Waals surface area contributed by atoms with Crippen molar-refractivity contribution in [1.82, 2.24) is 0 Å². The Balaban J connectivity index is 1.65. The maximum Gasteiger partial charge on any atom is 0.329 e. The first-order chi connectivity index (χ1) is 14.9. The van der Waals surface area contributed by atoms with Crippen molar-refractivity contribution in [3.63, 3.8) is 0 Å².